The molecular weight excluding hydrogens is 953 g/mol. The van der Waals surface area contributed by atoms with Gasteiger partial charge in [-0.3, -0.25) is 38.4 Å². The number of carbonyl (C=O) groups excluding carboxylic acids is 8. The van der Waals surface area contributed by atoms with Gasteiger partial charge < -0.3 is 56.6 Å². The summed E-state index contributed by atoms with van der Waals surface area (Å²) in [4.78, 5) is 123. The van der Waals surface area contributed by atoms with Crippen LogP contribution in [0.1, 0.15) is 146 Å². The summed E-state index contributed by atoms with van der Waals surface area (Å²) in [7, 11) is 2.75. The Hall–Kier alpha value is -6.57. The van der Waals surface area contributed by atoms with Crippen molar-refractivity contribution in [3.63, 3.8) is 0 Å². The molecule has 8 amide bonds. The first-order valence-electron chi connectivity index (χ1n) is 26.3. The fraction of sp³-hybridized carbons (Fsp3) is 0.611. The number of phenolic OH excluding ortho intramolecular Hbond substituents is 1. The number of aromatic hydroxyl groups is 1. The number of rotatable bonds is 26. The van der Waals surface area contributed by atoms with E-state index in [1.54, 1.807) is 37.3 Å². The molecule has 8 N–H and O–H groups in total. The predicted octanol–water partition coefficient (Wildman–Crippen LogP) is 3.53. The number of likely N-dealkylation sites (N-methyl/N-ethyl adjacent to an activating group) is 2. The number of unbranched alkanes of at least 4 members (excludes halogenated alkanes) is 12. The Bertz CT molecular complexity index is 2290. The minimum atomic E-state index is -1.41. The van der Waals surface area contributed by atoms with Crippen LogP contribution in [0.3, 0.4) is 0 Å². The van der Waals surface area contributed by atoms with Gasteiger partial charge in [-0.25, -0.2) is 4.79 Å². The molecule has 408 valence electrons. The van der Waals surface area contributed by atoms with Crippen molar-refractivity contribution in [2.45, 2.75) is 173 Å². The lowest BCUT2D eigenvalue weighted by Crippen LogP contribution is -2.56. The number of carbonyl (C=O) groups is 9. The molecule has 1 fully saturated rings. The van der Waals surface area contributed by atoms with Gasteiger partial charge in [0, 0.05) is 39.0 Å². The van der Waals surface area contributed by atoms with Crippen LogP contribution in [0.4, 0.5) is 0 Å². The highest BCUT2D eigenvalue weighted by molar-refractivity contribution is 5.97. The van der Waals surface area contributed by atoms with Crippen LogP contribution in [0.5, 0.6) is 5.75 Å². The lowest BCUT2D eigenvalue weighted by Gasteiger charge is -2.30. The Labute approximate surface area is 435 Å². The fourth-order valence-corrected chi connectivity index (χ4v) is 9.37. The van der Waals surface area contributed by atoms with Gasteiger partial charge in [0.05, 0.1) is 19.7 Å². The van der Waals surface area contributed by atoms with Crippen LogP contribution in [0.15, 0.2) is 36.4 Å². The molecule has 0 saturated carbocycles. The van der Waals surface area contributed by atoms with Crippen molar-refractivity contribution in [2.75, 3.05) is 40.3 Å². The molecule has 6 atom stereocenters. The second-order valence-corrected chi connectivity index (χ2v) is 19.8. The molecule has 2 heterocycles. The van der Waals surface area contributed by atoms with Crippen molar-refractivity contribution < 1.29 is 58.5 Å². The number of nitrogens with zero attached hydrogens (tertiary/aromatic N) is 3. The molecule has 2 aromatic carbocycles. The highest BCUT2D eigenvalue weighted by Gasteiger charge is 2.36. The van der Waals surface area contributed by atoms with Gasteiger partial charge in [0.15, 0.2) is 0 Å². The second kappa shape index (κ2) is 30.0. The predicted molar refractivity (Wildman–Crippen MR) is 277 cm³/mol. The van der Waals surface area contributed by atoms with E-state index in [9.17, 15) is 58.5 Å². The fourth-order valence-electron chi connectivity index (χ4n) is 9.37. The van der Waals surface area contributed by atoms with E-state index in [1.165, 1.54) is 102 Å². The lowest BCUT2D eigenvalue weighted by molar-refractivity contribution is -0.148. The summed E-state index contributed by atoms with van der Waals surface area (Å²) in [6, 6.07) is 2.04. The zero-order valence-corrected chi connectivity index (χ0v) is 44.1. The first kappa shape index (κ1) is 60.0. The van der Waals surface area contributed by atoms with Gasteiger partial charge in [0.1, 0.15) is 42.0 Å². The first-order valence-corrected chi connectivity index (χ1v) is 26.3. The molecule has 4 rings (SSSR count). The smallest absolute Gasteiger partial charge is 0.326 e. The van der Waals surface area contributed by atoms with Crippen LogP contribution < -0.4 is 26.6 Å². The minimum absolute atomic E-state index is 0.105. The van der Waals surface area contributed by atoms with E-state index >= 15 is 0 Å². The average Bonchev–Trinajstić information content (AvgIpc) is 3.88. The number of aliphatic carboxylic acids is 1. The molecular formula is C54H80N8O12. The molecule has 0 spiro atoms. The summed E-state index contributed by atoms with van der Waals surface area (Å²) in [5.41, 5.74) is 2.26. The number of carboxylic acids is 1. The molecule has 0 radical (unpaired) electrons. The lowest BCUT2D eigenvalue weighted by atomic mass is 9.91. The third-order valence-corrected chi connectivity index (χ3v) is 14.1. The number of phenols is 1. The van der Waals surface area contributed by atoms with Crippen molar-refractivity contribution in [1.29, 1.82) is 0 Å². The van der Waals surface area contributed by atoms with Crippen molar-refractivity contribution in [2.24, 2.45) is 0 Å². The SMILES string of the molecule is CCCCCCCCCCCCCCCC(=O)N(C)[C@H](CO)C(=O)N[C@H](C)C(=O)NCC(=O)N(C)[C@@H]1C(=O)N[C@@H](C)C(=O)N[C@H](C(=O)NCC(=O)N2CCC[C@H]2C(=O)O)Cc2ccc(O)c(c2)-c2cc1ccc2C. The third kappa shape index (κ3) is 17.5. The number of aliphatic hydroxyl groups is 1. The Morgan fingerprint density at radius 3 is 2.04 bits per heavy atom. The number of likely N-dealkylation sites (tertiary alicyclic amines) is 1. The summed E-state index contributed by atoms with van der Waals surface area (Å²) in [5, 5.41) is 43.5. The van der Waals surface area contributed by atoms with Crippen molar-refractivity contribution in [1.82, 2.24) is 41.3 Å². The topological polar surface area (TPSA) is 284 Å². The maximum Gasteiger partial charge on any atom is 0.326 e. The monoisotopic (exact) mass is 1030 g/mol. The molecule has 4 bridgehead atoms. The summed E-state index contributed by atoms with van der Waals surface area (Å²) < 4.78 is 0. The normalized spacial score (nSPS) is 18.4. The van der Waals surface area contributed by atoms with Gasteiger partial charge in [-0.1, -0.05) is 102 Å². The van der Waals surface area contributed by atoms with E-state index in [2.05, 4.69) is 33.5 Å². The van der Waals surface area contributed by atoms with Crippen LogP contribution >= 0.6 is 0 Å². The summed E-state index contributed by atoms with van der Waals surface area (Å²) in [5.74, 6) is -6.87. The average molecular weight is 1030 g/mol. The number of hydrogen-bond donors (Lipinski definition) is 8. The van der Waals surface area contributed by atoms with Crippen LogP contribution in [-0.4, -0.2) is 154 Å². The summed E-state index contributed by atoms with van der Waals surface area (Å²) >= 11 is 0. The van der Waals surface area contributed by atoms with Crippen LogP contribution in [0, 0.1) is 6.92 Å². The maximum atomic E-state index is 14.3. The zero-order chi connectivity index (χ0) is 54.5. The molecule has 20 heteroatoms. The van der Waals surface area contributed by atoms with E-state index in [-0.39, 0.29) is 43.0 Å². The largest absolute Gasteiger partial charge is 0.507 e. The molecule has 2 aromatic rings. The molecule has 0 aliphatic carbocycles. The Morgan fingerprint density at radius 1 is 0.784 bits per heavy atom. The van der Waals surface area contributed by atoms with Crippen LogP contribution in [0.25, 0.3) is 11.1 Å². The standard InChI is InChI=1S/C54H80N8O12/c1-7-8-9-10-11-12-13-14-15-16-17-18-19-22-45(65)60(5)43(33-63)52(71)57-35(3)49(68)55-31-46(66)61(6)48-38-25-23-34(2)39(30-38)40-28-37(24-26-44(40)64)29-41(59-50(69)36(4)58-53(48)72)51(70)56-32-47(67)62-27-20-21-42(62)54(73)74/h23-26,28,30,35-36,41-43,48,63-64H,7-22,27,29,31-33H2,1-6H3,(H,55,68)(H,56,70)(H,57,71)(H,58,72)(H,59,69)(H,73,74)/t35-,36+,41+,42+,43-,48+/m1/s1. The maximum absolute atomic E-state index is 14.3. The Kier molecular flexibility index (Phi) is 24.3. The van der Waals surface area contributed by atoms with Gasteiger partial charge in [-0.15, -0.1) is 0 Å². The molecule has 0 unspecified atom stereocenters. The van der Waals surface area contributed by atoms with Crippen LogP contribution in [0.2, 0.25) is 0 Å². The number of fused-ring (bicyclic) bond motifs is 5. The molecule has 0 aromatic heterocycles. The number of aryl methyl sites for hydroxylation is 1. The summed E-state index contributed by atoms with van der Waals surface area (Å²) in [6.07, 6.45) is 15.9. The van der Waals surface area contributed by atoms with Gasteiger partial charge in [0.25, 0.3) is 0 Å². The number of nitrogens with one attached hydrogen (secondary N) is 5. The Balaban J connectivity index is 1.38. The highest BCUT2D eigenvalue weighted by Crippen LogP contribution is 2.36. The Morgan fingerprint density at radius 2 is 1.42 bits per heavy atom. The van der Waals surface area contributed by atoms with E-state index in [0.29, 0.717) is 35.1 Å². The zero-order valence-electron chi connectivity index (χ0n) is 44.1. The number of hydrogen-bond acceptors (Lipinski definition) is 11. The van der Waals surface area contributed by atoms with Gasteiger partial charge in [0.2, 0.25) is 47.3 Å². The van der Waals surface area contributed by atoms with Gasteiger partial charge in [-0.2, -0.15) is 0 Å². The molecule has 74 heavy (non-hydrogen) atoms. The second-order valence-electron chi connectivity index (χ2n) is 19.8. The first-order chi connectivity index (χ1) is 35.3. The van der Waals surface area contributed by atoms with Crippen molar-refractivity contribution in [3.8, 4) is 16.9 Å². The van der Waals surface area contributed by atoms with E-state index in [1.807, 2.05) is 0 Å². The number of amides is 8. The van der Waals surface area contributed by atoms with Crippen molar-refractivity contribution >= 4 is 53.2 Å². The molecule has 20 nitrogen and oxygen atoms in total. The number of aliphatic hydroxyl groups excluding tert-OH is 1. The van der Waals surface area contributed by atoms with Crippen LogP contribution in [-0.2, 0) is 49.6 Å². The highest BCUT2D eigenvalue weighted by atomic mass is 16.4. The van der Waals surface area contributed by atoms with Gasteiger partial charge in [-0.05, 0) is 80.5 Å². The molecule has 1 saturated heterocycles. The quantitative estimate of drug-likeness (QED) is 0.0629. The van der Waals surface area contributed by atoms with E-state index < -0.39 is 103 Å². The summed E-state index contributed by atoms with van der Waals surface area (Å²) in [6.45, 7) is 5.11. The molecule has 2 aliphatic rings. The van der Waals surface area contributed by atoms with E-state index in [0.717, 1.165) is 24.2 Å². The minimum Gasteiger partial charge on any atom is -0.507 e. The van der Waals surface area contributed by atoms with E-state index in [4.69, 9.17) is 0 Å². The number of carboxylic acid groups (broad SMARTS) is 1. The molecule has 2 aliphatic heterocycles. The third-order valence-electron chi connectivity index (χ3n) is 14.1. The van der Waals surface area contributed by atoms with Gasteiger partial charge >= 0.3 is 5.97 Å². The number of benzene rings is 2. The van der Waals surface area contributed by atoms with Crippen molar-refractivity contribution in [3.05, 3.63) is 53.1 Å².